The molecule has 1 aliphatic heterocycles. The highest BCUT2D eigenvalue weighted by Crippen LogP contribution is 2.40. The van der Waals surface area contributed by atoms with Crippen molar-refractivity contribution in [2.75, 3.05) is 13.2 Å². The van der Waals surface area contributed by atoms with Crippen molar-refractivity contribution in [2.24, 2.45) is 10.9 Å². The van der Waals surface area contributed by atoms with Crippen molar-refractivity contribution in [3.63, 3.8) is 0 Å². The van der Waals surface area contributed by atoms with Gasteiger partial charge in [-0.15, -0.1) is 0 Å². The van der Waals surface area contributed by atoms with Crippen LogP contribution in [0.3, 0.4) is 0 Å². The van der Waals surface area contributed by atoms with Crippen LogP contribution < -0.4 is 0 Å². The second kappa shape index (κ2) is 3.60. The fraction of sp³-hybridized carbons (Fsp3) is 0.615. The quantitative estimate of drug-likeness (QED) is 0.600. The average Bonchev–Trinajstić information content (AvgIpc) is 3.06. The van der Waals surface area contributed by atoms with E-state index in [0.29, 0.717) is 0 Å². The molecule has 2 heteroatoms. The molecule has 1 heterocycles. The number of ether oxygens (including phenoxy) is 1. The Hall–Kier alpha value is -0.890. The van der Waals surface area contributed by atoms with Crippen molar-refractivity contribution < 1.29 is 4.74 Å². The molecule has 0 radical (unpaired) electrons. The van der Waals surface area contributed by atoms with Gasteiger partial charge in [-0.2, -0.15) is 0 Å². The van der Waals surface area contributed by atoms with Gasteiger partial charge in [0.05, 0.1) is 13.2 Å². The number of hydrogen-bond donors (Lipinski definition) is 0. The Morgan fingerprint density at radius 3 is 3.07 bits per heavy atom. The summed E-state index contributed by atoms with van der Waals surface area (Å²) in [4.78, 5) is 4.49. The van der Waals surface area contributed by atoms with Crippen molar-refractivity contribution in [3.05, 3.63) is 23.3 Å². The standard InChI is InChI=1S/C13H17NO/c1-9-12-5-4-11(10-2-3-10)8-13(12)15-7-6-14-9/h5,8,10,13H,2-4,6-7H2,1H3. The monoisotopic (exact) mass is 203 g/mol. The van der Waals surface area contributed by atoms with Gasteiger partial charge in [0.2, 0.25) is 0 Å². The number of rotatable bonds is 1. The summed E-state index contributed by atoms with van der Waals surface area (Å²) in [7, 11) is 0. The molecule has 2 aliphatic carbocycles. The third kappa shape index (κ3) is 1.78. The Labute approximate surface area is 90.7 Å². The lowest BCUT2D eigenvalue weighted by atomic mass is 9.92. The van der Waals surface area contributed by atoms with Gasteiger partial charge in [-0.3, -0.25) is 4.99 Å². The summed E-state index contributed by atoms with van der Waals surface area (Å²) in [6.07, 6.45) is 8.75. The maximum Gasteiger partial charge on any atom is 0.102 e. The maximum absolute atomic E-state index is 5.83. The first kappa shape index (κ1) is 9.34. The predicted octanol–water partition coefficient (Wildman–Crippen LogP) is 2.51. The molecule has 0 aromatic rings. The molecule has 0 bridgehead atoms. The van der Waals surface area contributed by atoms with E-state index in [1.165, 1.54) is 24.1 Å². The fourth-order valence-electron chi connectivity index (χ4n) is 2.43. The molecule has 15 heavy (non-hydrogen) atoms. The molecule has 1 atom stereocenters. The molecule has 0 amide bonds. The SMILES string of the molecule is CC1=NCCOC2C=C(C3CC3)CC=C12. The molecule has 1 fully saturated rings. The smallest absolute Gasteiger partial charge is 0.102 e. The first-order valence-electron chi connectivity index (χ1n) is 5.88. The number of allylic oxidation sites excluding steroid dienone is 2. The lowest BCUT2D eigenvalue weighted by Crippen LogP contribution is -2.20. The van der Waals surface area contributed by atoms with Crippen molar-refractivity contribution in [1.29, 1.82) is 0 Å². The summed E-state index contributed by atoms with van der Waals surface area (Å²) in [5, 5.41) is 0. The van der Waals surface area contributed by atoms with Crippen LogP contribution in [0.5, 0.6) is 0 Å². The Morgan fingerprint density at radius 1 is 1.40 bits per heavy atom. The number of fused-ring (bicyclic) bond motifs is 1. The highest BCUT2D eigenvalue weighted by Gasteiger charge is 2.30. The molecule has 3 aliphatic rings. The molecule has 0 aromatic heterocycles. The van der Waals surface area contributed by atoms with Crippen LogP contribution in [-0.2, 0) is 4.74 Å². The van der Waals surface area contributed by atoms with Crippen LogP contribution in [0, 0.1) is 5.92 Å². The predicted molar refractivity (Wildman–Crippen MR) is 61.2 cm³/mol. The van der Waals surface area contributed by atoms with E-state index in [0.717, 1.165) is 25.5 Å². The first-order chi connectivity index (χ1) is 7.34. The Kier molecular flexibility index (Phi) is 2.24. The minimum atomic E-state index is 0.195. The van der Waals surface area contributed by atoms with E-state index in [9.17, 15) is 0 Å². The molecule has 80 valence electrons. The number of aliphatic imine (C=N–C) groups is 1. The fourth-order valence-corrected chi connectivity index (χ4v) is 2.43. The van der Waals surface area contributed by atoms with Crippen LogP contribution in [0.25, 0.3) is 0 Å². The van der Waals surface area contributed by atoms with E-state index in [1.807, 2.05) is 0 Å². The zero-order valence-electron chi connectivity index (χ0n) is 9.20. The van der Waals surface area contributed by atoms with Crippen LogP contribution in [0.2, 0.25) is 0 Å². The van der Waals surface area contributed by atoms with Gasteiger partial charge in [-0.1, -0.05) is 17.7 Å². The van der Waals surface area contributed by atoms with E-state index in [2.05, 4.69) is 24.1 Å². The van der Waals surface area contributed by atoms with Gasteiger partial charge in [0.25, 0.3) is 0 Å². The molecule has 0 N–H and O–H groups in total. The topological polar surface area (TPSA) is 21.6 Å². The van der Waals surface area contributed by atoms with E-state index < -0.39 is 0 Å². The zero-order chi connectivity index (χ0) is 10.3. The third-order valence-electron chi connectivity index (χ3n) is 3.49. The van der Waals surface area contributed by atoms with E-state index in [4.69, 9.17) is 4.74 Å². The summed E-state index contributed by atoms with van der Waals surface area (Å²) in [5.41, 5.74) is 4.07. The molecular formula is C13H17NO. The molecule has 0 aromatic carbocycles. The van der Waals surface area contributed by atoms with Crippen LogP contribution in [0.1, 0.15) is 26.2 Å². The van der Waals surface area contributed by atoms with Crippen LogP contribution >= 0.6 is 0 Å². The highest BCUT2D eigenvalue weighted by atomic mass is 16.5. The van der Waals surface area contributed by atoms with Crippen molar-refractivity contribution in [3.8, 4) is 0 Å². The molecule has 0 spiro atoms. The van der Waals surface area contributed by atoms with Gasteiger partial charge in [0.15, 0.2) is 0 Å². The summed E-state index contributed by atoms with van der Waals surface area (Å²) < 4.78 is 5.83. The van der Waals surface area contributed by atoms with Gasteiger partial charge < -0.3 is 4.74 Å². The van der Waals surface area contributed by atoms with Crippen molar-refractivity contribution in [2.45, 2.75) is 32.3 Å². The lowest BCUT2D eigenvalue weighted by molar-refractivity contribution is 0.120. The number of hydrogen-bond acceptors (Lipinski definition) is 2. The van der Waals surface area contributed by atoms with E-state index in [-0.39, 0.29) is 6.10 Å². The zero-order valence-corrected chi connectivity index (χ0v) is 9.20. The normalized spacial score (nSPS) is 31.0. The molecular weight excluding hydrogens is 186 g/mol. The lowest BCUT2D eigenvalue weighted by Gasteiger charge is -2.21. The van der Waals surface area contributed by atoms with Crippen LogP contribution in [0.4, 0.5) is 0 Å². The maximum atomic E-state index is 5.83. The minimum absolute atomic E-state index is 0.195. The Balaban J connectivity index is 1.86. The van der Waals surface area contributed by atoms with E-state index >= 15 is 0 Å². The largest absolute Gasteiger partial charge is 0.367 e. The Morgan fingerprint density at radius 2 is 2.27 bits per heavy atom. The second-order valence-corrected chi connectivity index (χ2v) is 4.64. The molecule has 0 saturated heterocycles. The van der Waals surface area contributed by atoms with Gasteiger partial charge in [-0.25, -0.2) is 0 Å². The minimum Gasteiger partial charge on any atom is -0.367 e. The second-order valence-electron chi connectivity index (χ2n) is 4.64. The third-order valence-corrected chi connectivity index (χ3v) is 3.49. The van der Waals surface area contributed by atoms with Gasteiger partial charge in [0.1, 0.15) is 6.10 Å². The molecule has 1 unspecified atom stereocenters. The summed E-state index contributed by atoms with van der Waals surface area (Å²) in [5.74, 6) is 0.867. The number of nitrogens with zero attached hydrogens (tertiary/aromatic N) is 1. The van der Waals surface area contributed by atoms with Crippen molar-refractivity contribution in [1.82, 2.24) is 0 Å². The van der Waals surface area contributed by atoms with Gasteiger partial charge >= 0.3 is 0 Å². The molecule has 2 nitrogen and oxygen atoms in total. The molecule has 1 saturated carbocycles. The van der Waals surface area contributed by atoms with Crippen molar-refractivity contribution >= 4 is 5.71 Å². The summed E-state index contributed by atoms with van der Waals surface area (Å²) in [6.45, 7) is 3.67. The Bertz CT molecular complexity index is 361. The summed E-state index contributed by atoms with van der Waals surface area (Å²) >= 11 is 0. The first-order valence-corrected chi connectivity index (χ1v) is 5.88. The average molecular weight is 203 g/mol. The van der Waals surface area contributed by atoms with Gasteiger partial charge in [-0.05, 0) is 32.1 Å². The molecule has 3 rings (SSSR count). The highest BCUT2D eigenvalue weighted by molar-refractivity contribution is 6.00. The van der Waals surface area contributed by atoms with E-state index in [1.54, 1.807) is 5.57 Å². The van der Waals surface area contributed by atoms with Crippen LogP contribution in [-0.4, -0.2) is 25.0 Å². The van der Waals surface area contributed by atoms with Gasteiger partial charge in [0, 0.05) is 11.3 Å². The van der Waals surface area contributed by atoms with Crippen LogP contribution in [0.15, 0.2) is 28.3 Å². The summed E-state index contributed by atoms with van der Waals surface area (Å²) in [6, 6.07) is 0.